The highest BCUT2D eigenvalue weighted by molar-refractivity contribution is 7.85. The molecule has 170 valence electrons. The van der Waals surface area contributed by atoms with Crippen LogP contribution in [0.2, 0.25) is 0 Å². The molecule has 29 heavy (non-hydrogen) atoms. The van der Waals surface area contributed by atoms with Gasteiger partial charge in [0.2, 0.25) is 0 Å². The highest BCUT2D eigenvalue weighted by Crippen LogP contribution is 2.46. The molecule has 1 N–H and O–H groups in total. The van der Waals surface area contributed by atoms with Crippen molar-refractivity contribution in [1.29, 1.82) is 0 Å². The van der Waals surface area contributed by atoms with E-state index in [-0.39, 0.29) is 0 Å². The molecule has 0 saturated heterocycles. The summed E-state index contributed by atoms with van der Waals surface area (Å²) in [5.41, 5.74) is -5.86. The van der Waals surface area contributed by atoms with E-state index < -0.39 is 69.2 Å². The number of aliphatic hydroxyl groups is 1. The monoisotopic (exact) mass is 485 g/mol. The van der Waals surface area contributed by atoms with Crippen molar-refractivity contribution in [3.63, 3.8) is 0 Å². The fourth-order valence-electron chi connectivity index (χ4n) is 3.36. The summed E-state index contributed by atoms with van der Waals surface area (Å²) in [6, 6.07) is 0. The van der Waals surface area contributed by atoms with E-state index in [4.69, 9.17) is 0 Å². The van der Waals surface area contributed by atoms with Crippen molar-refractivity contribution < 1.29 is 34.8 Å². The SMILES string of the molecule is CCCC(S)C(S)CC(CC(S)C(S)CCC)(C(=O)[O-])C(O)(CC(=O)[O-])C(=O)[O-]. The molecule has 5 atom stereocenters. The summed E-state index contributed by atoms with van der Waals surface area (Å²) in [6.45, 7) is 3.76. The van der Waals surface area contributed by atoms with E-state index in [2.05, 4.69) is 50.5 Å². The van der Waals surface area contributed by atoms with Gasteiger partial charge in [-0.05, 0) is 25.7 Å². The maximum atomic E-state index is 12.3. The predicted octanol–water partition coefficient (Wildman–Crippen LogP) is -1.08. The lowest BCUT2D eigenvalue weighted by Gasteiger charge is -2.51. The Bertz CT molecular complexity index is 554. The molecule has 0 heterocycles. The zero-order valence-electron chi connectivity index (χ0n) is 16.4. The van der Waals surface area contributed by atoms with E-state index >= 15 is 0 Å². The normalized spacial score (nSPS) is 20.0. The minimum Gasteiger partial charge on any atom is -0.550 e. The van der Waals surface area contributed by atoms with Crippen LogP contribution in [0.25, 0.3) is 0 Å². The molecule has 0 amide bonds. The Morgan fingerprint density at radius 1 is 0.793 bits per heavy atom. The number of hydrogen-bond acceptors (Lipinski definition) is 11. The Morgan fingerprint density at radius 3 is 1.41 bits per heavy atom. The van der Waals surface area contributed by atoms with E-state index in [1.165, 1.54) is 0 Å². The maximum absolute atomic E-state index is 12.3. The van der Waals surface area contributed by atoms with Crippen molar-refractivity contribution in [3.05, 3.63) is 0 Å². The highest BCUT2D eigenvalue weighted by atomic mass is 32.1. The fourth-order valence-corrected chi connectivity index (χ4v) is 5.01. The number of rotatable bonds is 15. The van der Waals surface area contributed by atoms with Gasteiger partial charge in [-0.3, -0.25) is 0 Å². The van der Waals surface area contributed by atoms with E-state index in [0.717, 1.165) is 0 Å². The molecule has 7 nitrogen and oxygen atoms in total. The van der Waals surface area contributed by atoms with Gasteiger partial charge in [-0.15, -0.1) is 0 Å². The Morgan fingerprint density at radius 2 is 1.17 bits per heavy atom. The predicted molar refractivity (Wildman–Crippen MR) is 117 cm³/mol. The second kappa shape index (κ2) is 12.6. The van der Waals surface area contributed by atoms with Crippen molar-refractivity contribution >= 4 is 68.4 Å². The standard InChI is InChI=1S/C18H32O7S4/c1-3-5-10(26)12(28)7-17(15(21)22,8-13(29)11(27)6-4-2)18(25,16(23)24)9-14(19)20/h10-13,25-29H,3-9H2,1-2H3,(H,19,20)(H,21,22)(H,23,24)/p-3. The van der Waals surface area contributed by atoms with Crippen LogP contribution in [0.15, 0.2) is 0 Å². The zero-order valence-corrected chi connectivity index (χ0v) is 20.0. The molecule has 0 aromatic heterocycles. The van der Waals surface area contributed by atoms with Crippen LogP contribution in [0, 0.1) is 5.41 Å². The van der Waals surface area contributed by atoms with Gasteiger partial charge in [-0.1, -0.05) is 26.7 Å². The lowest BCUT2D eigenvalue weighted by molar-refractivity contribution is -0.357. The number of carboxylic acids is 3. The van der Waals surface area contributed by atoms with Gasteiger partial charge in [-0.2, -0.15) is 50.5 Å². The summed E-state index contributed by atoms with van der Waals surface area (Å²) < 4.78 is 0. The second-order valence-electron chi connectivity index (χ2n) is 7.32. The van der Waals surface area contributed by atoms with Gasteiger partial charge in [0, 0.05) is 38.8 Å². The average Bonchev–Trinajstić information content (AvgIpc) is 2.59. The third kappa shape index (κ3) is 7.45. The van der Waals surface area contributed by atoms with Gasteiger partial charge >= 0.3 is 0 Å². The summed E-state index contributed by atoms with van der Waals surface area (Å²) in [4.78, 5) is 35.3. The van der Waals surface area contributed by atoms with Crippen LogP contribution in [0.5, 0.6) is 0 Å². The van der Waals surface area contributed by atoms with E-state index in [1.807, 2.05) is 13.8 Å². The average molecular weight is 486 g/mol. The molecule has 5 unspecified atom stereocenters. The van der Waals surface area contributed by atoms with Gasteiger partial charge in [-0.25, -0.2) is 0 Å². The minimum atomic E-state index is -3.30. The molecule has 0 rings (SSSR count). The third-order valence-corrected chi connectivity index (χ3v) is 7.88. The van der Waals surface area contributed by atoms with Crippen molar-refractivity contribution in [2.45, 2.75) is 85.4 Å². The Kier molecular flexibility index (Phi) is 12.5. The van der Waals surface area contributed by atoms with Crippen molar-refractivity contribution in [1.82, 2.24) is 0 Å². The Hall–Kier alpha value is -0.230. The first-order chi connectivity index (χ1) is 13.3. The molecule has 0 aliphatic rings. The number of carbonyl (C=O) groups is 3. The molecule has 0 aromatic carbocycles. The third-order valence-electron chi connectivity index (χ3n) is 5.09. The molecule has 0 saturated carbocycles. The molecule has 0 aliphatic carbocycles. The molecule has 0 aliphatic heterocycles. The summed E-state index contributed by atoms with van der Waals surface area (Å²) in [5, 5.41) is 43.7. The van der Waals surface area contributed by atoms with Gasteiger partial charge in [0.05, 0.1) is 11.9 Å². The highest BCUT2D eigenvalue weighted by Gasteiger charge is 2.54. The van der Waals surface area contributed by atoms with Crippen molar-refractivity contribution in [3.8, 4) is 0 Å². The minimum absolute atomic E-state index is 0.433. The van der Waals surface area contributed by atoms with Crippen molar-refractivity contribution in [2.24, 2.45) is 5.41 Å². The van der Waals surface area contributed by atoms with Gasteiger partial charge < -0.3 is 34.8 Å². The molecule has 0 radical (unpaired) electrons. The lowest BCUT2D eigenvalue weighted by atomic mass is 9.63. The van der Waals surface area contributed by atoms with Crippen LogP contribution >= 0.6 is 50.5 Å². The van der Waals surface area contributed by atoms with E-state index in [0.29, 0.717) is 25.7 Å². The smallest absolute Gasteiger partial charge is 0.120 e. The number of hydrogen-bond donors (Lipinski definition) is 5. The number of thiol groups is 4. The van der Waals surface area contributed by atoms with E-state index in [9.17, 15) is 34.8 Å². The van der Waals surface area contributed by atoms with Gasteiger partial charge in [0.1, 0.15) is 5.60 Å². The van der Waals surface area contributed by atoms with Crippen molar-refractivity contribution in [2.75, 3.05) is 0 Å². The maximum Gasteiger partial charge on any atom is 0.120 e. The molecule has 0 fully saturated rings. The summed E-state index contributed by atoms with van der Waals surface area (Å²) in [7, 11) is 0. The van der Waals surface area contributed by atoms with Crippen LogP contribution in [-0.4, -0.2) is 49.6 Å². The van der Waals surface area contributed by atoms with Crippen LogP contribution in [0.1, 0.15) is 58.8 Å². The first-order valence-electron chi connectivity index (χ1n) is 9.36. The van der Waals surface area contributed by atoms with Crippen LogP contribution in [-0.2, 0) is 14.4 Å². The number of carboxylic acid groups (broad SMARTS) is 3. The Labute approximate surface area is 193 Å². The molecular formula is C18H29O7S4-3. The van der Waals surface area contributed by atoms with Gasteiger partial charge in [0.15, 0.2) is 0 Å². The molecular weight excluding hydrogens is 456 g/mol. The van der Waals surface area contributed by atoms with E-state index in [1.54, 1.807) is 0 Å². The lowest BCUT2D eigenvalue weighted by Crippen LogP contribution is -2.68. The summed E-state index contributed by atoms with van der Waals surface area (Å²) in [6.07, 6.45) is -0.0299. The van der Waals surface area contributed by atoms with Crippen LogP contribution < -0.4 is 15.3 Å². The largest absolute Gasteiger partial charge is 0.550 e. The van der Waals surface area contributed by atoms with Gasteiger partial charge in [0.25, 0.3) is 0 Å². The Balaban J connectivity index is 6.43. The topological polar surface area (TPSA) is 141 Å². The summed E-state index contributed by atoms with van der Waals surface area (Å²) >= 11 is 17.4. The first-order valence-corrected chi connectivity index (χ1v) is 11.4. The fraction of sp³-hybridized carbons (Fsp3) is 0.833. The molecule has 0 aromatic rings. The van der Waals surface area contributed by atoms with Crippen LogP contribution in [0.4, 0.5) is 0 Å². The second-order valence-corrected chi connectivity index (χ2v) is 9.97. The summed E-state index contributed by atoms with van der Waals surface area (Å²) in [5.74, 6) is -6.12. The molecule has 11 heteroatoms. The molecule has 0 bridgehead atoms. The zero-order chi connectivity index (χ0) is 23.0. The molecule has 0 spiro atoms. The van der Waals surface area contributed by atoms with Crippen LogP contribution in [0.3, 0.4) is 0 Å². The number of carbonyl (C=O) groups excluding carboxylic acids is 3. The first kappa shape index (κ1) is 28.8. The quantitative estimate of drug-likeness (QED) is 0.186. The number of aliphatic carboxylic acids is 3.